The Morgan fingerprint density at radius 1 is 0.229 bits per heavy atom. The SMILES string of the molecule is CC1(C)c2ccccc2-c2ccc(-c3c4ccc(N(c5ccc(-c6ccccc6)cc5)c5cccc6c5oc5ccccc56)cc4c(-c4ccc5c(c4)C(C)(C)c4ccccc4-5)c4ccc(N(c5ccc(-c6ccccc6)cc5)c5cccc6c5oc5ccccc56)cc34)cc21. The third-order valence-electron chi connectivity index (χ3n) is 21.1. The van der Waals surface area contributed by atoms with Gasteiger partial charge >= 0.3 is 0 Å². The summed E-state index contributed by atoms with van der Waals surface area (Å²) in [6.45, 7) is 9.56. The summed E-state index contributed by atoms with van der Waals surface area (Å²) >= 11 is 0. The van der Waals surface area contributed by atoms with E-state index < -0.39 is 0 Å². The molecule has 2 aromatic heterocycles. The number of nitrogens with zero attached hydrogens (tertiary/aromatic N) is 2. The Bertz CT molecular complexity index is 5640. The average Bonchev–Trinajstić information content (AvgIpc) is 1.21. The molecule has 0 fully saturated rings. The van der Waals surface area contributed by atoms with Crippen LogP contribution in [0.1, 0.15) is 49.9 Å². The third-order valence-corrected chi connectivity index (χ3v) is 21.1. The van der Waals surface area contributed by atoms with Crippen molar-refractivity contribution in [2.45, 2.75) is 38.5 Å². The number of para-hydroxylation sites is 4. The van der Waals surface area contributed by atoms with E-state index in [4.69, 9.17) is 8.83 Å². The van der Waals surface area contributed by atoms with Crippen LogP contribution in [-0.2, 0) is 10.8 Å². The zero-order valence-corrected chi connectivity index (χ0v) is 53.7. The summed E-state index contributed by atoms with van der Waals surface area (Å²) in [5.41, 5.74) is 28.6. The van der Waals surface area contributed by atoms with Crippen LogP contribution in [0.3, 0.4) is 0 Å². The van der Waals surface area contributed by atoms with Gasteiger partial charge < -0.3 is 18.6 Å². The van der Waals surface area contributed by atoms with Crippen LogP contribution in [-0.4, -0.2) is 0 Å². The highest BCUT2D eigenvalue weighted by molar-refractivity contribution is 6.24. The van der Waals surface area contributed by atoms with Crippen LogP contribution in [0.25, 0.3) is 132 Å². The second-order valence-corrected chi connectivity index (χ2v) is 27.1. The van der Waals surface area contributed by atoms with Gasteiger partial charge in [-0.2, -0.15) is 0 Å². The molecule has 4 nitrogen and oxygen atoms in total. The van der Waals surface area contributed by atoms with Crippen LogP contribution < -0.4 is 9.80 Å². The van der Waals surface area contributed by atoms with Crippen LogP contribution in [0.2, 0.25) is 0 Å². The Morgan fingerprint density at radius 3 is 1.01 bits per heavy atom. The predicted octanol–water partition coefficient (Wildman–Crippen LogP) is 26.0. The van der Waals surface area contributed by atoms with Gasteiger partial charge in [0, 0.05) is 55.1 Å². The lowest BCUT2D eigenvalue weighted by molar-refractivity contribution is 0.660. The molecule has 0 radical (unpaired) electrons. The predicted molar refractivity (Wildman–Crippen MR) is 402 cm³/mol. The summed E-state index contributed by atoms with van der Waals surface area (Å²) < 4.78 is 14.0. The second-order valence-electron chi connectivity index (χ2n) is 27.1. The molecule has 19 rings (SSSR count). The minimum Gasteiger partial charge on any atom is -0.454 e. The van der Waals surface area contributed by atoms with Gasteiger partial charge in [-0.15, -0.1) is 0 Å². The second kappa shape index (κ2) is 21.3. The van der Waals surface area contributed by atoms with Crippen LogP contribution in [0.5, 0.6) is 0 Å². The van der Waals surface area contributed by atoms with Crippen LogP contribution in [0.4, 0.5) is 34.1 Å². The van der Waals surface area contributed by atoms with Gasteiger partial charge in [-0.3, -0.25) is 0 Å². The summed E-state index contributed by atoms with van der Waals surface area (Å²) in [5.74, 6) is 0. The first-order valence-corrected chi connectivity index (χ1v) is 33.4. The van der Waals surface area contributed by atoms with Gasteiger partial charge in [0.25, 0.3) is 0 Å². The summed E-state index contributed by atoms with van der Waals surface area (Å²) in [6.07, 6.45) is 0. The van der Waals surface area contributed by atoms with Crippen molar-refractivity contribution in [3.63, 3.8) is 0 Å². The number of rotatable bonds is 10. The Kier molecular flexibility index (Phi) is 12.3. The van der Waals surface area contributed by atoms with E-state index in [1.807, 2.05) is 0 Å². The lowest BCUT2D eigenvalue weighted by Crippen LogP contribution is -2.15. The zero-order chi connectivity index (χ0) is 64.0. The minimum atomic E-state index is -0.247. The number of hydrogen-bond acceptors (Lipinski definition) is 4. The minimum absolute atomic E-state index is 0.247. The fourth-order valence-corrected chi connectivity index (χ4v) is 16.4. The van der Waals surface area contributed by atoms with Crippen LogP contribution in [0.15, 0.2) is 324 Å². The molecule has 0 amide bonds. The number of benzene rings is 15. The molecular weight excluding hydrogens is 1170 g/mol. The monoisotopic (exact) mass is 1230 g/mol. The Morgan fingerprint density at radius 2 is 0.573 bits per heavy atom. The van der Waals surface area contributed by atoms with Crippen LogP contribution >= 0.6 is 0 Å². The molecule has 454 valence electrons. The molecule has 96 heavy (non-hydrogen) atoms. The molecule has 0 spiro atoms. The first kappa shape index (κ1) is 55.6. The van der Waals surface area contributed by atoms with Crippen molar-refractivity contribution < 1.29 is 8.83 Å². The van der Waals surface area contributed by atoms with E-state index in [9.17, 15) is 0 Å². The van der Waals surface area contributed by atoms with E-state index in [-0.39, 0.29) is 10.8 Å². The van der Waals surface area contributed by atoms with Crippen molar-refractivity contribution in [1.82, 2.24) is 0 Å². The third kappa shape index (κ3) is 8.48. The highest BCUT2D eigenvalue weighted by Gasteiger charge is 2.38. The molecule has 4 heteroatoms. The molecule has 0 unspecified atom stereocenters. The van der Waals surface area contributed by atoms with E-state index in [2.05, 4.69) is 353 Å². The van der Waals surface area contributed by atoms with Crippen molar-refractivity contribution in [2.24, 2.45) is 0 Å². The van der Waals surface area contributed by atoms with Gasteiger partial charge in [-0.25, -0.2) is 0 Å². The van der Waals surface area contributed by atoms with Crippen molar-refractivity contribution in [1.29, 1.82) is 0 Å². The van der Waals surface area contributed by atoms with Gasteiger partial charge in [0.15, 0.2) is 11.2 Å². The summed E-state index contributed by atoms with van der Waals surface area (Å²) in [4.78, 5) is 4.82. The molecule has 2 aliphatic carbocycles. The van der Waals surface area contributed by atoms with E-state index in [0.29, 0.717) is 0 Å². The summed E-state index contributed by atoms with van der Waals surface area (Å²) in [5, 5.41) is 8.89. The largest absolute Gasteiger partial charge is 0.454 e. The zero-order valence-electron chi connectivity index (χ0n) is 53.7. The molecular formula is C92H64N2O2. The molecule has 0 atom stereocenters. The number of furan rings is 2. The van der Waals surface area contributed by atoms with Gasteiger partial charge in [0.2, 0.25) is 0 Å². The molecule has 2 heterocycles. The van der Waals surface area contributed by atoms with E-state index in [0.717, 1.165) is 122 Å². The lowest BCUT2D eigenvalue weighted by Gasteiger charge is -2.29. The number of anilines is 6. The number of hydrogen-bond donors (Lipinski definition) is 0. The van der Waals surface area contributed by atoms with E-state index in [1.165, 1.54) is 66.8 Å². The van der Waals surface area contributed by atoms with Gasteiger partial charge in [-0.1, -0.05) is 258 Å². The fourth-order valence-electron chi connectivity index (χ4n) is 16.4. The van der Waals surface area contributed by atoms with Crippen molar-refractivity contribution in [3.8, 4) is 66.8 Å². The molecule has 0 bridgehead atoms. The van der Waals surface area contributed by atoms with E-state index >= 15 is 0 Å². The standard InChI is InChI=1S/C92H64N2O2/c1-91(2)79-31-15-11-25-67(79)69-49-41-61(53-81(69)91)87-73-51-47-66(94(64-45-39-60(40-46-64)58-23-9-6-10-24-58)84-34-20-30-76-72-28-14-18-36-86(72)96-90(76)84)56-78(73)88(62-42-50-70-68-26-12-16-32-80(68)92(3,4)82(70)54-62)74-52-48-65(55-77(74)87)93(63-43-37-59(38-44-63)57-21-7-5-8-22-57)83-33-19-29-75-71-27-13-17-35-85(71)95-89(75)83/h5-56H,1-4H3. The highest BCUT2D eigenvalue weighted by atomic mass is 16.3. The normalized spacial score (nSPS) is 13.4. The Balaban J connectivity index is 0.918. The van der Waals surface area contributed by atoms with Crippen LogP contribution in [0, 0.1) is 0 Å². The first-order chi connectivity index (χ1) is 47.1. The maximum absolute atomic E-state index is 6.99. The molecule has 0 N–H and O–H groups in total. The van der Waals surface area contributed by atoms with Crippen molar-refractivity contribution in [2.75, 3.05) is 9.80 Å². The first-order valence-electron chi connectivity index (χ1n) is 33.4. The van der Waals surface area contributed by atoms with Gasteiger partial charge in [-0.05, 0) is 195 Å². The molecule has 15 aromatic carbocycles. The Labute approximate surface area is 557 Å². The Hall–Kier alpha value is -12.0. The van der Waals surface area contributed by atoms with Crippen molar-refractivity contribution in [3.05, 3.63) is 338 Å². The fraction of sp³-hybridized carbons (Fsp3) is 0.0652. The quantitative estimate of drug-likeness (QED) is 0.128. The lowest BCUT2D eigenvalue weighted by atomic mass is 9.79. The maximum Gasteiger partial charge on any atom is 0.159 e. The molecule has 2 aliphatic rings. The summed E-state index contributed by atoms with van der Waals surface area (Å²) in [6, 6.07) is 116. The topological polar surface area (TPSA) is 32.8 Å². The molecule has 17 aromatic rings. The maximum atomic E-state index is 6.99. The summed E-state index contributed by atoms with van der Waals surface area (Å²) in [7, 11) is 0. The van der Waals surface area contributed by atoms with Gasteiger partial charge in [0.05, 0.1) is 11.4 Å². The van der Waals surface area contributed by atoms with E-state index in [1.54, 1.807) is 0 Å². The molecule has 0 saturated heterocycles. The van der Waals surface area contributed by atoms with Gasteiger partial charge in [0.1, 0.15) is 11.2 Å². The average molecular weight is 1230 g/mol. The highest BCUT2D eigenvalue weighted by Crippen LogP contribution is 2.56. The molecule has 0 saturated carbocycles. The molecule has 0 aliphatic heterocycles. The number of fused-ring (bicyclic) bond motifs is 14. The smallest absolute Gasteiger partial charge is 0.159 e. The van der Waals surface area contributed by atoms with Crippen molar-refractivity contribution >= 4 is 99.5 Å².